The Balaban J connectivity index is 1.65. The summed E-state index contributed by atoms with van der Waals surface area (Å²) in [5, 5.41) is 23.4. The molecule has 0 bridgehead atoms. The van der Waals surface area contributed by atoms with Crippen LogP contribution in [0.15, 0.2) is 18.2 Å². The number of benzene rings is 1. The third-order valence-corrected chi connectivity index (χ3v) is 6.23. The molecular weight excluding hydrogens is 360 g/mol. The van der Waals surface area contributed by atoms with Gasteiger partial charge in [0, 0.05) is 35.3 Å². The molecule has 2 aliphatic rings. The van der Waals surface area contributed by atoms with E-state index in [4.69, 9.17) is 6.42 Å². The maximum atomic E-state index is 10.5. The molecule has 0 radical (unpaired) electrons. The number of nitrogens with zero attached hydrogens (tertiary/aromatic N) is 3. The van der Waals surface area contributed by atoms with E-state index >= 15 is 0 Å². The van der Waals surface area contributed by atoms with E-state index in [1.807, 2.05) is 12.1 Å². The van der Waals surface area contributed by atoms with Crippen LogP contribution in [0.25, 0.3) is 11.3 Å². The second-order valence-electron chi connectivity index (χ2n) is 8.51. The van der Waals surface area contributed by atoms with Crippen LogP contribution in [-0.2, 0) is 12.8 Å². The Hall–Kier alpha value is -2.58. The summed E-state index contributed by atoms with van der Waals surface area (Å²) in [6.45, 7) is 6.74. The molecule has 2 heterocycles. The lowest BCUT2D eigenvalue weighted by Gasteiger charge is -2.36. The van der Waals surface area contributed by atoms with E-state index in [2.05, 4.69) is 40.2 Å². The van der Waals surface area contributed by atoms with E-state index in [1.54, 1.807) is 6.07 Å². The molecule has 2 N–H and O–H groups in total. The van der Waals surface area contributed by atoms with Gasteiger partial charge in [-0.3, -0.25) is 4.90 Å². The van der Waals surface area contributed by atoms with Crippen molar-refractivity contribution >= 4 is 5.82 Å². The fourth-order valence-corrected chi connectivity index (χ4v) is 4.59. The van der Waals surface area contributed by atoms with E-state index < -0.39 is 0 Å². The normalized spacial score (nSPS) is 19.6. The van der Waals surface area contributed by atoms with Crippen LogP contribution in [0.3, 0.4) is 0 Å². The summed E-state index contributed by atoms with van der Waals surface area (Å²) in [6, 6.07) is 6.30. The van der Waals surface area contributed by atoms with Crippen molar-refractivity contribution in [2.24, 2.45) is 0 Å². The summed E-state index contributed by atoms with van der Waals surface area (Å²) in [4.78, 5) is 2.53. The van der Waals surface area contributed by atoms with Crippen LogP contribution in [0.1, 0.15) is 56.2 Å². The average molecular weight is 391 g/mol. The van der Waals surface area contributed by atoms with Gasteiger partial charge in [0.15, 0.2) is 5.82 Å². The molecule has 0 saturated carbocycles. The van der Waals surface area contributed by atoms with Gasteiger partial charge in [-0.05, 0) is 82.7 Å². The van der Waals surface area contributed by atoms with Gasteiger partial charge in [-0.1, -0.05) is 5.92 Å². The Labute approximate surface area is 173 Å². The summed E-state index contributed by atoms with van der Waals surface area (Å²) < 4.78 is 0. The number of aromatic nitrogens is 2. The van der Waals surface area contributed by atoms with Crippen LogP contribution in [0, 0.1) is 12.3 Å². The second-order valence-corrected chi connectivity index (χ2v) is 8.51. The summed E-state index contributed by atoms with van der Waals surface area (Å²) in [5.74, 6) is 3.66. The standard InChI is InChI=1S/C24H30N4O/c1-4-17-11-12-21(22(29)14-17)23-19-9-5-6-10-20(19)24(27-26-23)25-18-8-7-13-28(15-18)16(2)3/h1,11-12,14,16,18,29H,5-10,13,15H2,2-3H3,(H,25,27). The maximum absolute atomic E-state index is 10.5. The van der Waals surface area contributed by atoms with Gasteiger partial charge in [0.1, 0.15) is 11.4 Å². The highest BCUT2D eigenvalue weighted by Gasteiger charge is 2.26. The van der Waals surface area contributed by atoms with Crippen molar-refractivity contribution in [2.75, 3.05) is 18.4 Å². The van der Waals surface area contributed by atoms with Crippen molar-refractivity contribution in [3.8, 4) is 29.4 Å². The molecule has 152 valence electrons. The number of anilines is 1. The maximum Gasteiger partial charge on any atom is 0.152 e. The number of aromatic hydroxyl groups is 1. The van der Waals surface area contributed by atoms with Gasteiger partial charge in [-0.2, -0.15) is 0 Å². The third-order valence-electron chi connectivity index (χ3n) is 6.23. The van der Waals surface area contributed by atoms with Crippen molar-refractivity contribution in [2.45, 2.75) is 64.5 Å². The lowest BCUT2D eigenvalue weighted by Crippen LogP contribution is -2.45. The number of likely N-dealkylation sites (tertiary alicyclic amines) is 1. The number of phenolic OH excluding ortho intramolecular Hbond substituents is 1. The minimum Gasteiger partial charge on any atom is -0.507 e. The molecule has 1 aliphatic heterocycles. The van der Waals surface area contributed by atoms with E-state index in [1.165, 1.54) is 24.1 Å². The molecule has 0 spiro atoms. The molecular formula is C24H30N4O. The van der Waals surface area contributed by atoms with Crippen molar-refractivity contribution in [3.63, 3.8) is 0 Å². The fraction of sp³-hybridized carbons (Fsp3) is 0.500. The first-order valence-electron chi connectivity index (χ1n) is 10.8. The van der Waals surface area contributed by atoms with Gasteiger partial charge in [-0.25, -0.2) is 0 Å². The summed E-state index contributed by atoms with van der Waals surface area (Å²) in [7, 11) is 0. The number of hydrogen-bond donors (Lipinski definition) is 2. The first kappa shape index (κ1) is 19.7. The minimum atomic E-state index is 0.170. The molecule has 4 rings (SSSR count). The number of piperidine rings is 1. The van der Waals surface area contributed by atoms with Crippen LogP contribution in [0.2, 0.25) is 0 Å². The Kier molecular flexibility index (Phi) is 5.73. The van der Waals surface area contributed by atoms with Gasteiger partial charge in [0.05, 0.1) is 0 Å². The van der Waals surface area contributed by atoms with Crippen LogP contribution in [-0.4, -0.2) is 45.4 Å². The Bertz CT molecular complexity index is 931. The average Bonchev–Trinajstić information content (AvgIpc) is 2.74. The van der Waals surface area contributed by atoms with Crippen LogP contribution in [0.4, 0.5) is 5.82 Å². The Morgan fingerprint density at radius 1 is 1.17 bits per heavy atom. The fourth-order valence-electron chi connectivity index (χ4n) is 4.59. The number of rotatable bonds is 4. The summed E-state index contributed by atoms with van der Waals surface area (Å²) >= 11 is 0. The molecule has 0 amide bonds. The van der Waals surface area contributed by atoms with Crippen molar-refractivity contribution in [1.29, 1.82) is 0 Å². The van der Waals surface area contributed by atoms with E-state index in [9.17, 15) is 5.11 Å². The van der Waals surface area contributed by atoms with Crippen LogP contribution < -0.4 is 5.32 Å². The summed E-state index contributed by atoms with van der Waals surface area (Å²) in [6.07, 6.45) is 12.1. The van der Waals surface area contributed by atoms with Gasteiger partial charge >= 0.3 is 0 Å². The molecule has 1 aromatic carbocycles. The second kappa shape index (κ2) is 8.42. The zero-order valence-electron chi connectivity index (χ0n) is 17.4. The molecule has 1 aromatic heterocycles. The lowest BCUT2D eigenvalue weighted by molar-refractivity contribution is 0.174. The number of fused-ring (bicyclic) bond motifs is 1. The van der Waals surface area contributed by atoms with E-state index in [0.29, 0.717) is 23.2 Å². The zero-order chi connectivity index (χ0) is 20.4. The SMILES string of the molecule is C#Cc1ccc(-c2nnc(NC3CCCN(C(C)C)C3)c3c2CCCC3)c(O)c1. The predicted molar refractivity (Wildman–Crippen MR) is 117 cm³/mol. The van der Waals surface area contributed by atoms with Gasteiger partial charge < -0.3 is 10.4 Å². The minimum absolute atomic E-state index is 0.170. The number of phenols is 1. The largest absolute Gasteiger partial charge is 0.507 e. The topological polar surface area (TPSA) is 61.3 Å². The molecule has 1 unspecified atom stereocenters. The molecule has 1 atom stereocenters. The van der Waals surface area contributed by atoms with Crippen molar-refractivity contribution in [1.82, 2.24) is 15.1 Å². The zero-order valence-corrected chi connectivity index (χ0v) is 17.4. The molecule has 5 heteroatoms. The van der Waals surface area contributed by atoms with Gasteiger partial charge in [-0.15, -0.1) is 16.6 Å². The first-order valence-corrected chi connectivity index (χ1v) is 10.8. The molecule has 1 aliphatic carbocycles. The van der Waals surface area contributed by atoms with E-state index in [0.717, 1.165) is 50.2 Å². The Morgan fingerprint density at radius 2 is 1.97 bits per heavy atom. The van der Waals surface area contributed by atoms with Crippen molar-refractivity contribution in [3.05, 3.63) is 34.9 Å². The highest BCUT2D eigenvalue weighted by Crippen LogP contribution is 2.37. The monoisotopic (exact) mass is 390 g/mol. The number of nitrogens with one attached hydrogen (secondary N) is 1. The van der Waals surface area contributed by atoms with Crippen LogP contribution >= 0.6 is 0 Å². The highest BCUT2D eigenvalue weighted by molar-refractivity contribution is 5.73. The number of hydrogen-bond acceptors (Lipinski definition) is 5. The third kappa shape index (κ3) is 4.09. The van der Waals surface area contributed by atoms with E-state index in [-0.39, 0.29) is 5.75 Å². The molecule has 1 fully saturated rings. The van der Waals surface area contributed by atoms with Crippen molar-refractivity contribution < 1.29 is 5.11 Å². The molecule has 5 nitrogen and oxygen atoms in total. The molecule has 29 heavy (non-hydrogen) atoms. The van der Waals surface area contributed by atoms with Gasteiger partial charge in [0.25, 0.3) is 0 Å². The smallest absolute Gasteiger partial charge is 0.152 e. The first-order chi connectivity index (χ1) is 14.1. The summed E-state index contributed by atoms with van der Waals surface area (Å²) in [5.41, 5.74) is 4.65. The van der Waals surface area contributed by atoms with Gasteiger partial charge in [0.2, 0.25) is 0 Å². The molecule has 2 aromatic rings. The van der Waals surface area contributed by atoms with Crippen LogP contribution in [0.5, 0.6) is 5.75 Å². The lowest BCUT2D eigenvalue weighted by atomic mass is 9.88. The molecule has 1 saturated heterocycles. The highest BCUT2D eigenvalue weighted by atomic mass is 16.3. The quantitative estimate of drug-likeness (QED) is 0.773. The Morgan fingerprint density at radius 3 is 2.69 bits per heavy atom. The number of terminal acetylenes is 1. The predicted octanol–water partition coefficient (Wildman–Crippen LogP) is 3.99.